The number of benzene rings is 3. The number of aromatic hydroxyl groups is 1. The molecule has 3 fully saturated rings. The Hall–Kier alpha value is -3.93. The minimum atomic E-state index is -0.620. The van der Waals surface area contributed by atoms with Crippen LogP contribution >= 0.6 is 11.6 Å². The van der Waals surface area contributed by atoms with Crippen molar-refractivity contribution >= 4 is 45.2 Å². The molecule has 3 aromatic carbocycles. The first kappa shape index (κ1) is 32.6. The molecule has 3 saturated heterocycles. The Labute approximate surface area is 284 Å². The summed E-state index contributed by atoms with van der Waals surface area (Å²) in [4.78, 5) is 28.9. The second kappa shape index (κ2) is 13.2. The van der Waals surface area contributed by atoms with Crippen LogP contribution in [0.3, 0.4) is 0 Å². The van der Waals surface area contributed by atoms with Crippen LogP contribution in [0.5, 0.6) is 11.8 Å². The minimum absolute atomic E-state index is 0.00487. The van der Waals surface area contributed by atoms with Gasteiger partial charge in [-0.1, -0.05) is 35.9 Å². The first-order chi connectivity index (χ1) is 23.1. The molecule has 3 aliphatic rings. The molecule has 12 heteroatoms. The van der Waals surface area contributed by atoms with Gasteiger partial charge in [-0.25, -0.2) is 9.18 Å². The molecule has 4 aromatic rings. The van der Waals surface area contributed by atoms with Crippen LogP contribution in [0.4, 0.5) is 15.0 Å². The maximum atomic E-state index is 16.9. The van der Waals surface area contributed by atoms with Crippen molar-refractivity contribution in [3.8, 4) is 22.9 Å². The largest absolute Gasteiger partial charge is 0.508 e. The Morgan fingerprint density at radius 2 is 1.79 bits per heavy atom. The molecule has 1 amide bonds. The van der Waals surface area contributed by atoms with Crippen molar-refractivity contribution in [1.82, 2.24) is 19.8 Å². The lowest BCUT2D eigenvalue weighted by atomic mass is 9.96. The highest BCUT2D eigenvalue weighted by molar-refractivity contribution is 6.35. The third kappa shape index (κ3) is 6.55. The van der Waals surface area contributed by atoms with Crippen LogP contribution in [-0.2, 0) is 9.47 Å². The van der Waals surface area contributed by atoms with E-state index >= 15 is 4.39 Å². The number of amides is 1. The number of halogens is 2. The number of hydrogen-bond donors (Lipinski definition) is 1. The summed E-state index contributed by atoms with van der Waals surface area (Å²) in [5.74, 6) is -0.104. The third-order valence-electron chi connectivity index (χ3n) is 9.30. The van der Waals surface area contributed by atoms with Gasteiger partial charge in [0.15, 0.2) is 5.82 Å². The number of phenolic OH excluding ortho intramolecular Hbond substituents is 1. The summed E-state index contributed by atoms with van der Waals surface area (Å²) >= 11 is 6.91. The number of fused-ring (bicyclic) bond motifs is 4. The molecule has 10 nitrogen and oxygen atoms in total. The number of rotatable bonds is 7. The van der Waals surface area contributed by atoms with Gasteiger partial charge in [-0.15, -0.1) is 0 Å². The van der Waals surface area contributed by atoms with Gasteiger partial charge in [0, 0.05) is 43.7 Å². The summed E-state index contributed by atoms with van der Waals surface area (Å²) in [6.07, 6.45) is 2.10. The van der Waals surface area contributed by atoms with Gasteiger partial charge in [0.2, 0.25) is 0 Å². The summed E-state index contributed by atoms with van der Waals surface area (Å²) < 4.78 is 34.2. The van der Waals surface area contributed by atoms with Crippen LogP contribution in [0.2, 0.25) is 5.02 Å². The van der Waals surface area contributed by atoms with Gasteiger partial charge in [-0.3, -0.25) is 9.80 Å². The highest BCUT2D eigenvalue weighted by Gasteiger charge is 2.45. The number of carbonyl (C=O) groups excluding carboxylic acids is 1. The molecular weight excluding hydrogens is 637 g/mol. The molecule has 0 radical (unpaired) electrons. The predicted octanol–water partition coefficient (Wildman–Crippen LogP) is 6.64. The fourth-order valence-corrected chi connectivity index (χ4v) is 7.47. The molecule has 1 aromatic heterocycles. The summed E-state index contributed by atoms with van der Waals surface area (Å²) in [6, 6.07) is 12.2. The second-order valence-corrected chi connectivity index (χ2v) is 14.2. The van der Waals surface area contributed by atoms with Crippen molar-refractivity contribution in [2.45, 2.75) is 57.7 Å². The lowest BCUT2D eigenvalue weighted by Gasteiger charge is -2.42. The molecular formula is C36H41ClFN5O5. The Bertz CT molecular complexity index is 1830. The standard InChI is InChI=1S/C36H41ClFN5O5/c1-36(2,3)48-35(45)43-23-9-10-24(43)21-42(20-23)33-28-19-29(37)30(27-18-25(44)17-22-7-4-5-8-26(22)27)31(38)32(28)39-34(40-33)47-14-6-11-41-12-15-46-16-13-41/h4-5,7-8,17-19,23-24,44H,6,9-16,20-21H2,1-3H3. The van der Waals surface area contributed by atoms with Crippen molar-refractivity contribution < 1.29 is 28.5 Å². The minimum Gasteiger partial charge on any atom is -0.508 e. The van der Waals surface area contributed by atoms with E-state index in [1.807, 2.05) is 49.9 Å². The van der Waals surface area contributed by atoms with Gasteiger partial charge in [0.25, 0.3) is 0 Å². The number of hydrogen-bond acceptors (Lipinski definition) is 9. The summed E-state index contributed by atoms with van der Waals surface area (Å²) in [7, 11) is 0. The van der Waals surface area contributed by atoms with Gasteiger partial charge in [-0.2, -0.15) is 9.97 Å². The lowest BCUT2D eigenvalue weighted by molar-refractivity contribution is 0.0122. The molecule has 2 bridgehead atoms. The van der Waals surface area contributed by atoms with E-state index in [0.29, 0.717) is 36.5 Å². The molecule has 0 aliphatic carbocycles. The summed E-state index contributed by atoms with van der Waals surface area (Å²) in [5, 5.41) is 12.7. The molecule has 3 aliphatic heterocycles. The van der Waals surface area contributed by atoms with Gasteiger partial charge in [0.05, 0.1) is 36.9 Å². The Morgan fingerprint density at radius 1 is 1.06 bits per heavy atom. The number of carbonyl (C=O) groups is 1. The fraction of sp³-hybridized carbons (Fsp3) is 0.472. The van der Waals surface area contributed by atoms with E-state index in [2.05, 4.69) is 14.8 Å². The van der Waals surface area contributed by atoms with Crippen LogP contribution in [0, 0.1) is 5.82 Å². The molecule has 254 valence electrons. The van der Waals surface area contributed by atoms with E-state index in [9.17, 15) is 9.90 Å². The van der Waals surface area contributed by atoms with E-state index in [4.69, 9.17) is 30.8 Å². The Balaban J connectivity index is 1.26. The zero-order chi connectivity index (χ0) is 33.6. The van der Waals surface area contributed by atoms with Gasteiger partial charge < -0.3 is 24.2 Å². The second-order valence-electron chi connectivity index (χ2n) is 13.8. The highest BCUT2D eigenvalue weighted by Crippen LogP contribution is 2.43. The number of piperazine rings is 1. The predicted molar refractivity (Wildman–Crippen MR) is 184 cm³/mol. The molecule has 48 heavy (non-hydrogen) atoms. The van der Waals surface area contributed by atoms with E-state index in [-0.39, 0.29) is 46.0 Å². The van der Waals surface area contributed by atoms with E-state index in [1.54, 1.807) is 12.1 Å². The van der Waals surface area contributed by atoms with Crippen LogP contribution in [0.1, 0.15) is 40.0 Å². The van der Waals surface area contributed by atoms with Crippen molar-refractivity contribution in [3.63, 3.8) is 0 Å². The van der Waals surface area contributed by atoms with Crippen LogP contribution in [-0.4, -0.2) is 101 Å². The summed E-state index contributed by atoms with van der Waals surface area (Å²) in [5.41, 5.74) is 0.0929. The quantitative estimate of drug-likeness (QED) is 0.216. The molecule has 7 rings (SSSR count). The van der Waals surface area contributed by atoms with Crippen molar-refractivity contribution in [1.29, 1.82) is 0 Å². The van der Waals surface area contributed by atoms with Crippen molar-refractivity contribution in [3.05, 3.63) is 53.3 Å². The Kier molecular flexibility index (Phi) is 8.95. The van der Waals surface area contributed by atoms with Crippen LogP contribution in [0.15, 0.2) is 42.5 Å². The number of phenols is 1. The SMILES string of the molecule is CC(C)(C)OC(=O)N1C2CCC1CN(c1nc(OCCCN3CCOCC3)nc3c(F)c(-c4cc(O)cc5ccccc45)c(Cl)cc13)C2. The van der Waals surface area contributed by atoms with E-state index in [1.165, 1.54) is 6.07 Å². The number of aromatic nitrogens is 2. The van der Waals surface area contributed by atoms with Crippen molar-refractivity contribution in [2.75, 3.05) is 57.4 Å². The third-order valence-corrected chi connectivity index (χ3v) is 9.60. The van der Waals surface area contributed by atoms with E-state index in [0.717, 1.165) is 62.9 Å². The molecule has 2 unspecified atom stereocenters. The maximum Gasteiger partial charge on any atom is 0.410 e. The van der Waals surface area contributed by atoms with Crippen LogP contribution < -0.4 is 9.64 Å². The number of nitrogens with zero attached hydrogens (tertiary/aromatic N) is 5. The van der Waals surface area contributed by atoms with Crippen LogP contribution in [0.25, 0.3) is 32.8 Å². The molecule has 2 atom stereocenters. The fourth-order valence-electron chi connectivity index (χ4n) is 7.18. The first-order valence-electron chi connectivity index (χ1n) is 16.7. The monoisotopic (exact) mass is 677 g/mol. The average Bonchev–Trinajstić information content (AvgIpc) is 3.32. The number of morpholine rings is 1. The molecule has 0 saturated carbocycles. The van der Waals surface area contributed by atoms with Crippen molar-refractivity contribution in [2.24, 2.45) is 0 Å². The van der Waals surface area contributed by atoms with Gasteiger partial charge in [0.1, 0.15) is 22.7 Å². The smallest absolute Gasteiger partial charge is 0.410 e. The molecule has 1 N–H and O–H groups in total. The van der Waals surface area contributed by atoms with E-state index < -0.39 is 11.4 Å². The number of ether oxygens (including phenoxy) is 3. The average molecular weight is 678 g/mol. The zero-order valence-electron chi connectivity index (χ0n) is 27.5. The molecule has 0 spiro atoms. The van der Waals surface area contributed by atoms with Gasteiger partial charge in [-0.05, 0) is 74.6 Å². The first-order valence-corrected chi connectivity index (χ1v) is 17.0. The maximum absolute atomic E-state index is 16.9. The normalized spacial score (nSPS) is 20.1. The Morgan fingerprint density at radius 3 is 2.52 bits per heavy atom. The highest BCUT2D eigenvalue weighted by atomic mass is 35.5. The topological polar surface area (TPSA) is 100 Å². The number of anilines is 1. The lowest BCUT2D eigenvalue weighted by Crippen LogP contribution is -2.57. The van der Waals surface area contributed by atoms with Gasteiger partial charge >= 0.3 is 12.1 Å². The zero-order valence-corrected chi connectivity index (χ0v) is 28.3. The molecule has 4 heterocycles. The summed E-state index contributed by atoms with van der Waals surface area (Å²) in [6.45, 7) is 11.0.